The van der Waals surface area contributed by atoms with E-state index in [0.717, 1.165) is 25.7 Å². The number of amides is 2. The number of ketones is 1. The smallest absolute Gasteiger partial charge is 0.239 e. The molecule has 0 aromatic rings. The van der Waals surface area contributed by atoms with E-state index >= 15 is 0 Å². The van der Waals surface area contributed by atoms with E-state index in [-0.39, 0.29) is 45.7 Å². The van der Waals surface area contributed by atoms with E-state index in [2.05, 4.69) is 10.6 Å². The van der Waals surface area contributed by atoms with Gasteiger partial charge in [-0.05, 0) is 39.5 Å². The minimum absolute atomic E-state index is 0. The molecule has 0 aliphatic heterocycles. The highest BCUT2D eigenvalue weighted by Gasteiger charge is 2.25. The van der Waals surface area contributed by atoms with Crippen molar-refractivity contribution in [3.63, 3.8) is 0 Å². The van der Waals surface area contributed by atoms with Crippen LogP contribution in [-0.2, 0) is 23.9 Å². The van der Waals surface area contributed by atoms with Crippen LogP contribution in [0.15, 0.2) is 0 Å². The molecule has 2 N–H and O–H groups in total. The van der Waals surface area contributed by atoms with E-state index < -0.39 is 0 Å². The van der Waals surface area contributed by atoms with Gasteiger partial charge in [0.15, 0.2) is 0 Å². The van der Waals surface area contributed by atoms with Gasteiger partial charge in [0.25, 0.3) is 0 Å². The van der Waals surface area contributed by atoms with Gasteiger partial charge in [-0.1, -0.05) is 6.92 Å². The van der Waals surface area contributed by atoms with Crippen LogP contribution in [-0.4, -0.2) is 56.1 Å². The molecule has 0 bridgehead atoms. The lowest BCUT2D eigenvalue weighted by atomic mass is 9.83. The number of rotatable bonds is 12. The Kier molecular flexibility index (Phi) is 11.1. The summed E-state index contributed by atoms with van der Waals surface area (Å²) in [4.78, 5) is 35.3. The predicted molar refractivity (Wildman–Crippen MR) is 103 cm³/mol. The number of nitrogens with one attached hydrogen (secondary N) is 2. The maximum Gasteiger partial charge on any atom is 0.239 e. The third-order valence-corrected chi connectivity index (χ3v) is 4.49. The first-order valence-electron chi connectivity index (χ1n) is 9.70. The van der Waals surface area contributed by atoms with Gasteiger partial charge in [-0.15, -0.1) is 0 Å². The highest BCUT2D eigenvalue weighted by Crippen LogP contribution is 2.25. The van der Waals surface area contributed by atoms with Crippen molar-refractivity contribution in [1.82, 2.24) is 10.6 Å². The van der Waals surface area contributed by atoms with Gasteiger partial charge in [-0.3, -0.25) is 14.4 Å². The first kappa shape index (κ1) is 22.6. The lowest BCUT2D eigenvalue weighted by Gasteiger charge is -2.28. The van der Waals surface area contributed by atoms with Gasteiger partial charge in [0.2, 0.25) is 11.8 Å². The molecule has 7 heteroatoms. The molecule has 1 aliphatic rings. The summed E-state index contributed by atoms with van der Waals surface area (Å²) in [5, 5.41) is 5.53. The second-order valence-electron chi connectivity index (χ2n) is 6.99. The number of hydrogen-bond acceptors (Lipinski definition) is 5. The zero-order chi connectivity index (χ0) is 19.4. The molecular weight excluding hydrogens is 336 g/mol. The molecular formula is C19H38N2O5. The highest BCUT2D eigenvalue weighted by molar-refractivity contribution is 5.85. The van der Waals surface area contributed by atoms with E-state index in [9.17, 15) is 14.4 Å². The highest BCUT2D eigenvalue weighted by atomic mass is 16.5. The van der Waals surface area contributed by atoms with Crippen LogP contribution >= 0.6 is 0 Å². The average Bonchev–Trinajstić information content (AvgIpc) is 2.62. The predicted octanol–water partition coefficient (Wildman–Crippen LogP) is 2.08. The summed E-state index contributed by atoms with van der Waals surface area (Å²) in [7, 11) is 0. The van der Waals surface area contributed by atoms with E-state index in [4.69, 9.17) is 9.47 Å². The maximum absolute atomic E-state index is 11.9. The second kappa shape index (κ2) is 12.8. The molecule has 1 saturated carbocycles. The molecule has 0 spiro atoms. The molecule has 1 fully saturated rings. The fraction of sp³-hybridized carbons (Fsp3) is 0.842. The summed E-state index contributed by atoms with van der Waals surface area (Å²) in [6.45, 7) is 7.05. The topological polar surface area (TPSA) is 93.7 Å². The third-order valence-electron chi connectivity index (χ3n) is 4.49. The van der Waals surface area contributed by atoms with Gasteiger partial charge in [0, 0.05) is 27.7 Å². The van der Waals surface area contributed by atoms with Crippen molar-refractivity contribution >= 4 is 17.6 Å². The van der Waals surface area contributed by atoms with Gasteiger partial charge < -0.3 is 20.1 Å². The van der Waals surface area contributed by atoms with Crippen molar-refractivity contribution in [2.45, 2.75) is 71.4 Å². The van der Waals surface area contributed by atoms with Crippen molar-refractivity contribution in [2.75, 3.05) is 26.4 Å². The summed E-state index contributed by atoms with van der Waals surface area (Å²) in [6, 6.07) is 0.101. The van der Waals surface area contributed by atoms with E-state index in [1.165, 1.54) is 0 Å². The maximum atomic E-state index is 11.9. The Hall–Kier alpha value is -1.47. The summed E-state index contributed by atoms with van der Waals surface area (Å²) in [5.41, 5.74) is 0. The van der Waals surface area contributed by atoms with Gasteiger partial charge in [-0.2, -0.15) is 0 Å². The first-order chi connectivity index (χ1) is 12.4. The van der Waals surface area contributed by atoms with Crippen LogP contribution in [0.1, 0.15) is 62.1 Å². The van der Waals surface area contributed by atoms with Crippen molar-refractivity contribution in [3.8, 4) is 0 Å². The summed E-state index contributed by atoms with van der Waals surface area (Å²) in [5.74, 6) is 0.0795. The molecule has 7 nitrogen and oxygen atoms in total. The molecule has 0 radical (unpaired) electrons. The molecule has 0 unspecified atom stereocenters. The molecule has 1 aliphatic carbocycles. The summed E-state index contributed by atoms with van der Waals surface area (Å²) >= 11 is 0. The minimum atomic E-state index is -0.206. The van der Waals surface area contributed by atoms with Gasteiger partial charge >= 0.3 is 0 Å². The van der Waals surface area contributed by atoms with Crippen LogP contribution in [0.5, 0.6) is 0 Å². The molecule has 154 valence electrons. The second-order valence-corrected chi connectivity index (χ2v) is 6.99. The quantitative estimate of drug-likeness (QED) is 0.510. The first-order valence-corrected chi connectivity index (χ1v) is 9.70. The number of ether oxygens (including phenoxy) is 2. The van der Waals surface area contributed by atoms with Crippen LogP contribution < -0.4 is 10.6 Å². The van der Waals surface area contributed by atoms with E-state index in [0.29, 0.717) is 32.0 Å². The molecule has 0 atom stereocenters. The van der Waals surface area contributed by atoms with Crippen molar-refractivity contribution in [3.05, 3.63) is 0 Å². The summed E-state index contributed by atoms with van der Waals surface area (Å²) in [6.07, 6.45) is 4.29. The third kappa shape index (κ3) is 9.87. The molecule has 0 heterocycles. The number of Topliss-reactive ketones (excluding diaryl/α,β-unsaturated/α-hetero) is 1. The van der Waals surface area contributed by atoms with Gasteiger partial charge in [-0.25, -0.2) is 0 Å². The standard InChI is InChI=1S/C19H34N2O5.2H2/c1-4-17(22)15-5-7-16(8-6-15)21-19(24)13-20-18(23)9-10-25-11-12-26-14(2)3;;/h14-16H,4-13H2,1-3H3,(H,20,23)(H,21,24);2*1H. The zero-order valence-corrected chi connectivity index (χ0v) is 16.3. The lowest BCUT2D eigenvalue weighted by Crippen LogP contribution is -2.43. The number of carbonyl (C=O) groups excluding carboxylic acids is 3. The summed E-state index contributed by atoms with van der Waals surface area (Å²) < 4.78 is 10.6. The minimum Gasteiger partial charge on any atom is -0.379 e. The Morgan fingerprint density at radius 1 is 1.04 bits per heavy atom. The van der Waals surface area contributed by atoms with E-state index in [1.807, 2.05) is 20.8 Å². The van der Waals surface area contributed by atoms with E-state index in [1.54, 1.807) is 0 Å². The fourth-order valence-corrected chi connectivity index (χ4v) is 3.00. The molecule has 26 heavy (non-hydrogen) atoms. The average molecular weight is 375 g/mol. The molecule has 1 rings (SSSR count). The van der Waals surface area contributed by atoms with Gasteiger partial charge in [0.05, 0.1) is 32.5 Å². The van der Waals surface area contributed by atoms with Crippen LogP contribution in [0.3, 0.4) is 0 Å². The molecule has 0 saturated heterocycles. The Morgan fingerprint density at radius 3 is 2.35 bits per heavy atom. The largest absolute Gasteiger partial charge is 0.379 e. The van der Waals surface area contributed by atoms with Crippen LogP contribution in [0.25, 0.3) is 0 Å². The van der Waals surface area contributed by atoms with Crippen LogP contribution in [0, 0.1) is 5.92 Å². The zero-order valence-electron chi connectivity index (χ0n) is 16.3. The van der Waals surface area contributed by atoms with Crippen LogP contribution in [0.4, 0.5) is 0 Å². The lowest BCUT2D eigenvalue weighted by molar-refractivity contribution is -0.127. The van der Waals surface area contributed by atoms with Crippen molar-refractivity contribution in [1.29, 1.82) is 0 Å². The van der Waals surface area contributed by atoms with Gasteiger partial charge in [0.1, 0.15) is 5.78 Å². The Labute approximate surface area is 159 Å². The molecule has 2 amide bonds. The normalized spacial score (nSPS) is 20.0. The molecule has 0 aromatic heterocycles. The fourth-order valence-electron chi connectivity index (χ4n) is 3.00. The Morgan fingerprint density at radius 2 is 1.73 bits per heavy atom. The SMILES string of the molecule is CCC(=O)C1CCC(NC(=O)CNC(=O)CCOCCOC(C)C)CC1.[HH].[HH]. The van der Waals surface area contributed by atoms with Crippen molar-refractivity contribution in [2.24, 2.45) is 5.92 Å². The Balaban J connectivity index is 0. The van der Waals surface area contributed by atoms with Crippen molar-refractivity contribution < 1.29 is 26.7 Å². The Bertz CT molecular complexity index is 456. The monoisotopic (exact) mass is 374 g/mol. The number of carbonyl (C=O) groups is 3. The van der Waals surface area contributed by atoms with Crippen LogP contribution in [0.2, 0.25) is 0 Å². The number of hydrogen-bond donors (Lipinski definition) is 2. The molecule has 0 aromatic carbocycles.